The largest absolute Gasteiger partial charge is 0.492 e. The van der Waals surface area contributed by atoms with Crippen LogP contribution in [0.4, 0.5) is 8.78 Å². The molecule has 2 aromatic carbocycles. The first-order valence-corrected chi connectivity index (χ1v) is 8.54. The maximum Gasteiger partial charge on any atom is 0.387 e. The first-order valence-electron chi connectivity index (χ1n) is 7.74. The molecule has 1 aliphatic heterocycles. The Morgan fingerprint density at radius 3 is 2.92 bits per heavy atom. The number of ether oxygens (including phenoxy) is 2. The summed E-state index contributed by atoms with van der Waals surface area (Å²) in [4.78, 5) is 12.4. The van der Waals surface area contributed by atoms with E-state index in [1.807, 2.05) is 24.3 Å². The fraction of sp³-hybridized carbons (Fsp3) is 0.278. The number of hydrogen-bond donors (Lipinski definition) is 1. The molecule has 2 aromatic rings. The highest BCUT2D eigenvalue weighted by Gasteiger charge is 2.25. The second-order valence-electron chi connectivity index (χ2n) is 5.67. The predicted octanol–water partition coefficient (Wildman–Crippen LogP) is 3.92. The van der Waals surface area contributed by atoms with Gasteiger partial charge in [-0.05, 0) is 36.2 Å². The third-order valence-corrected chi connectivity index (χ3v) is 4.43. The van der Waals surface area contributed by atoms with Crippen LogP contribution in [-0.4, -0.2) is 19.1 Å². The summed E-state index contributed by atoms with van der Waals surface area (Å²) in [5, 5.41) is 2.78. The van der Waals surface area contributed by atoms with Crippen molar-refractivity contribution in [2.75, 3.05) is 6.61 Å². The topological polar surface area (TPSA) is 47.6 Å². The average molecular weight is 412 g/mol. The average Bonchev–Trinajstić information content (AvgIpc) is 2.60. The van der Waals surface area contributed by atoms with E-state index in [2.05, 4.69) is 26.0 Å². The van der Waals surface area contributed by atoms with E-state index in [1.165, 1.54) is 6.07 Å². The molecule has 3 rings (SSSR count). The predicted molar refractivity (Wildman–Crippen MR) is 91.8 cm³/mol. The van der Waals surface area contributed by atoms with Gasteiger partial charge in [0.15, 0.2) is 0 Å². The Morgan fingerprint density at radius 2 is 2.12 bits per heavy atom. The Balaban J connectivity index is 1.64. The van der Waals surface area contributed by atoms with Gasteiger partial charge in [-0.3, -0.25) is 4.79 Å². The minimum Gasteiger partial charge on any atom is -0.492 e. The van der Waals surface area contributed by atoms with Crippen LogP contribution >= 0.6 is 15.9 Å². The van der Waals surface area contributed by atoms with Crippen LogP contribution in [0.3, 0.4) is 0 Å². The summed E-state index contributed by atoms with van der Waals surface area (Å²) < 4.78 is 35.8. The van der Waals surface area contributed by atoms with Crippen molar-refractivity contribution in [3.63, 3.8) is 0 Å². The Hall–Kier alpha value is -2.15. The molecule has 7 heteroatoms. The van der Waals surface area contributed by atoms with E-state index in [0.29, 0.717) is 23.1 Å². The van der Waals surface area contributed by atoms with Crippen LogP contribution in [0, 0.1) is 5.92 Å². The van der Waals surface area contributed by atoms with Crippen molar-refractivity contribution in [1.82, 2.24) is 5.32 Å². The number of amides is 1. The fourth-order valence-corrected chi connectivity index (χ4v) is 3.13. The molecular formula is C18H16BrF2NO3. The summed E-state index contributed by atoms with van der Waals surface area (Å²) in [6.45, 7) is -2.53. The molecular weight excluding hydrogens is 396 g/mol. The number of para-hydroxylation sites is 1. The van der Waals surface area contributed by atoms with Gasteiger partial charge >= 0.3 is 6.61 Å². The number of alkyl halides is 2. The second-order valence-corrected chi connectivity index (χ2v) is 6.58. The molecule has 0 radical (unpaired) electrons. The lowest BCUT2D eigenvalue weighted by atomic mass is 9.96. The molecule has 0 aromatic heterocycles. The highest BCUT2D eigenvalue weighted by molar-refractivity contribution is 9.10. The van der Waals surface area contributed by atoms with Gasteiger partial charge in [0.1, 0.15) is 18.1 Å². The first kappa shape index (κ1) is 17.7. The molecule has 1 aliphatic rings. The monoisotopic (exact) mass is 411 g/mol. The molecule has 1 atom stereocenters. The minimum absolute atomic E-state index is 0.0451. The zero-order valence-electron chi connectivity index (χ0n) is 13.2. The summed E-state index contributed by atoms with van der Waals surface area (Å²) >= 11 is 3.29. The van der Waals surface area contributed by atoms with E-state index in [4.69, 9.17) is 4.74 Å². The van der Waals surface area contributed by atoms with Crippen LogP contribution < -0.4 is 14.8 Å². The van der Waals surface area contributed by atoms with Gasteiger partial charge in [-0.1, -0.05) is 34.1 Å². The Labute approximate surface area is 152 Å². The second kappa shape index (κ2) is 7.82. The highest BCUT2D eigenvalue weighted by Crippen LogP contribution is 2.28. The standard InChI is InChI=1S/C18H16BrF2NO3/c19-14-5-6-16(25-18(20)21)12(8-14)9-22-17(23)13-7-11-3-1-2-4-15(11)24-10-13/h1-6,8,13,18H,7,9-10H2,(H,22,23). The Morgan fingerprint density at radius 1 is 1.32 bits per heavy atom. The molecule has 1 N–H and O–H groups in total. The van der Waals surface area contributed by atoms with E-state index >= 15 is 0 Å². The van der Waals surface area contributed by atoms with Crippen molar-refractivity contribution in [3.05, 3.63) is 58.1 Å². The number of carbonyl (C=O) groups excluding carboxylic acids is 1. The van der Waals surface area contributed by atoms with Crippen LogP contribution in [-0.2, 0) is 17.8 Å². The molecule has 0 saturated heterocycles. The molecule has 1 amide bonds. The number of carbonyl (C=O) groups is 1. The highest BCUT2D eigenvalue weighted by atomic mass is 79.9. The van der Waals surface area contributed by atoms with Gasteiger partial charge in [-0.15, -0.1) is 0 Å². The summed E-state index contributed by atoms with van der Waals surface area (Å²) in [7, 11) is 0. The normalized spacial score (nSPS) is 16.1. The van der Waals surface area contributed by atoms with Gasteiger partial charge in [0.2, 0.25) is 5.91 Å². The van der Waals surface area contributed by atoms with Crippen molar-refractivity contribution in [3.8, 4) is 11.5 Å². The lowest BCUT2D eigenvalue weighted by Gasteiger charge is -2.24. The van der Waals surface area contributed by atoms with Crippen LogP contribution in [0.1, 0.15) is 11.1 Å². The van der Waals surface area contributed by atoms with Gasteiger partial charge in [-0.2, -0.15) is 8.78 Å². The van der Waals surface area contributed by atoms with Crippen LogP contribution in [0.5, 0.6) is 11.5 Å². The van der Waals surface area contributed by atoms with Crippen molar-refractivity contribution in [2.45, 2.75) is 19.6 Å². The van der Waals surface area contributed by atoms with Crippen LogP contribution in [0.2, 0.25) is 0 Å². The number of fused-ring (bicyclic) bond motifs is 1. The van der Waals surface area contributed by atoms with E-state index in [0.717, 1.165) is 11.3 Å². The zero-order valence-corrected chi connectivity index (χ0v) is 14.8. The summed E-state index contributed by atoms with van der Waals surface area (Å²) in [5.41, 5.74) is 1.46. The van der Waals surface area contributed by atoms with Crippen molar-refractivity contribution >= 4 is 21.8 Å². The molecule has 4 nitrogen and oxygen atoms in total. The van der Waals surface area contributed by atoms with E-state index < -0.39 is 6.61 Å². The van der Waals surface area contributed by atoms with Crippen LogP contribution in [0.25, 0.3) is 0 Å². The molecule has 0 aliphatic carbocycles. The number of rotatable bonds is 5. The maximum atomic E-state index is 12.5. The Kier molecular flexibility index (Phi) is 5.53. The van der Waals surface area contributed by atoms with Gasteiger partial charge in [-0.25, -0.2) is 0 Å². The van der Waals surface area contributed by atoms with E-state index in [1.54, 1.807) is 12.1 Å². The molecule has 0 spiro atoms. The van der Waals surface area contributed by atoms with E-state index in [9.17, 15) is 13.6 Å². The third-order valence-electron chi connectivity index (χ3n) is 3.94. The first-order chi connectivity index (χ1) is 12.0. The summed E-state index contributed by atoms with van der Waals surface area (Å²) in [5.74, 6) is 0.342. The van der Waals surface area contributed by atoms with Gasteiger partial charge < -0.3 is 14.8 Å². The molecule has 25 heavy (non-hydrogen) atoms. The molecule has 1 unspecified atom stereocenters. The quantitative estimate of drug-likeness (QED) is 0.810. The molecule has 0 fully saturated rings. The summed E-state index contributed by atoms with van der Waals surface area (Å²) in [6, 6.07) is 12.3. The van der Waals surface area contributed by atoms with Gasteiger partial charge in [0.05, 0.1) is 5.92 Å². The van der Waals surface area contributed by atoms with Crippen LogP contribution in [0.15, 0.2) is 46.9 Å². The fourth-order valence-electron chi connectivity index (χ4n) is 2.72. The lowest BCUT2D eigenvalue weighted by Crippen LogP contribution is -2.37. The van der Waals surface area contributed by atoms with E-state index in [-0.39, 0.29) is 24.1 Å². The van der Waals surface area contributed by atoms with Crippen molar-refractivity contribution < 1.29 is 23.0 Å². The number of nitrogens with one attached hydrogen (secondary N) is 1. The minimum atomic E-state index is -2.92. The summed E-state index contributed by atoms with van der Waals surface area (Å²) in [6.07, 6.45) is 0.584. The SMILES string of the molecule is O=C(NCc1cc(Br)ccc1OC(F)F)C1COc2ccccc2C1. The van der Waals surface area contributed by atoms with Crippen molar-refractivity contribution in [1.29, 1.82) is 0 Å². The number of halogens is 3. The molecule has 0 saturated carbocycles. The third kappa shape index (κ3) is 4.48. The maximum absolute atomic E-state index is 12.5. The molecule has 132 valence electrons. The van der Waals surface area contributed by atoms with Crippen molar-refractivity contribution in [2.24, 2.45) is 5.92 Å². The molecule has 1 heterocycles. The lowest BCUT2D eigenvalue weighted by molar-refractivity contribution is -0.126. The molecule has 0 bridgehead atoms. The number of hydrogen-bond acceptors (Lipinski definition) is 3. The van der Waals surface area contributed by atoms with Gasteiger partial charge in [0.25, 0.3) is 0 Å². The zero-order chi connectivity index (χ0) is 17.8. The van der Waals surface area contributed by atoms with Gasteiger partial charge in [0, 0.05) is 16.6 Å². The smallest absolute Gasteiger partial charge is 0.387 e. The Bertz CT molecular complexity index is 770. The number of benzene rings is 2.